The van der Waals surface area contributed by atoms with Crippen LogP contribution in [0.15, 0.2) is 48.8 Å². The van der Waals surface area contributed by atoms with Gasteiger partial charge in [-0.15, -0.1) is 11.3 Å². The molecule has 1 aliphatic heterocycles. The molecule has 3 aliphatic rings. The Balaban J connectivity index is 1.36. The van der Waals surface area contributed by atoms with E-state index in [4.69, 9.17) is 4.98 Å². The molecule has 3 heterocycles. The normalized spacial score (nSPS) is 24.3. The van der Waals surface area contributed by atoms with Crippen LogP contribution in [0.5, 0.6) is 0 Å². The number of alkyl halides is 2. The summed E-state index contributed by atoms with van der Waals surface area (Å²) in [4.78, 5) is 25.4. The number of carbonyl (C=O) groups excluding carboxylic acids is 1. The zero-order chi connectivity index (χ0) is 28.8. The van der Waals surface area contributed by atoms with Gasteiger partial charge < -0.3 is 10.2 Å². The fourth-order valence-corrected chi connectivity index (χ4v) is 7.98. The van der Waals surface area contributed by atoms with Crippen LogP contribution < -0.4 is 10.2 Å². The summed E-state index contributed by atoms with van der Waals surface area (Å²) in [7, 11) is -3.00. The minimum Gasteiger partial charge on any atom is -0.369 e. The van der Waals surface area contributed by atoms with Gasteiger partial charge in [-0.1, -0.05) is 12.1 Å². The van der Waals surface area contributed by atoms with Crippen molar-refractivity contribution < 1.29 is 22.0 Å². The van der Waals surface area contributed by atoms with Crippen molar-refractivity contribution in [3.8, 4) is 27.1 Å². The van der Waals surface area contributed by atoms with Crippen molar-refractivity contribution in [1.82, 2.24) is 15.3 Å². The van der Waals surface area contributed by atoms with E-state index >= 15 is 0 Å². The molecule has 1 amide bonds. The van der Waals surface area contributed by atoms with Gasteiger partial charge in [0.15, 0.2) is 9.84 Å². The predicted molar refractivity (Wildman–Crippen MR) is 152 cm³/mol. The third-order valence-electron chi connectivity index (χ3n) is 8.24. The minimum atomic E-state index is -3.00. The van der Waals surface area contributed by atoms with Crippen molar-refractivity contribution in [2.45, 2.75) is 49.5 Å². The van der Waals surface area contributed by atoms with Crippen molar-refractivity contribution in [3.63, 3.8) is 0 Å². The number of thiazole rings is 1. The van der Waals surface area contributed by atoms with E-state index in [-0.39, 0.29) is 24.3 Å². The standard InChI is InChI=1S/C29H29F2N5O3S2/c30-29(31)8-7-22(23(16-29)26(37)35-28(18-32)9-10-28)24-25(40-27(34-24)20-2-1-11-33-17-20)19-3-5-21(6-4-19)36-12-14-41(38,39)15-13-36/h1-6,11,17,22-23H,7-10,12-16H2,(H,35,37). The molecule has 1 aromatic carbocycles. The lowest BCUT2D eigenvalue weighted by Gasteiger charge is -2.35. The molecule has 1 saturated heterocycles. The highest BCUT2D eigenvalue weighted by molar-refractivity contribution is 7.91. The van der Waals surface area contributed by atoms with Gasteiger partial charge in [0.25, 0.3) is 0 Å². The minimum absolute atomic E-state index is 0.0915. The Kier molecular flexibility index (Phi) is 7.06. The summed E-state index contributed by atoms with van der Waals surface area (Å²) in [5.74, 6) is -4.84. The summed E-state index contributed by atoms with van der Waals surface area (Å²) in [6.07, 6.45) is 3.55. The lowest BCUT2D eigenvalue weighted by atomic mass is 9.74. The molecule has 2 saturated carbocycles. The molecule has 2 atom stereocenters. The van der Waals surface area contributed by atoms with E-state index in [1.807, 2.05) is 35.2 Å². The van der Waals surface area contributed by atoms with Crippen LogP contribution in [0.1, 0.15) is 43.7 Å². The number of nitrogens with one attached hydrogen (secondary N) is 1. The number of nitriles is 1. The topological polar surface area (TPSA) is 116 Å². The third kappa shape index (κ3) is 5.83. The van der Waals surface area contributed by atoms with E-state index in [1.165, 1.54) is 11.3 Å². The smallest absolute Gasteiger partial charge is 0.249 e. The fraction of sp³-hybridized carbons (Fsp3) is 0.448. The highest BCUT2D eigenvalue weighted by atomic mass is 32.2. The molecule has 2 unspecified atom stereocenters. The molecule has 214 valence electrons. The Morgan fingerprint density at radius 1 is 1.10 bits per heavy atom. The van der Waals surface area contributed by atoms with Gasteiger partial charge >= 0.3 is 0 Å². The molecule has 1 N–H and O–H groups in total. The van der Waals surface area contributed by atoms with Crippen molar-refractivity contribution >= 4 is 32.8 Å². The zero-order valence-corrected chi connectivity index (χ0v) is 23.9. The Morgan fingerprint density at radius 2 is 1.83 bits per heavy atom. The number of pyridine rings is 1. The van der Waals surface area contributed by atoms with E-state index < -0.39 is 45.5 Å². The van der Waals surface area contributed by atoms with Crippen LogP contribution in [0.4, 0.5) is 14.5 Å². The van der Waals surface area contributed by atoms with Crippen LogP contribution in [0.2, 0.25) is 0 Å². The number of hydrogen-bond acceptors (Lipinski definition) is 8. The van der Waals surface area contributed by atoms with E-state index in [0.29, 0.717) is 36.6 Å². The fourth-order valence-electron chi connectivity index (χ4n) is 5.65. The molecule has 2 aliphatic carbocycles. The van der Waals surface area contributed by atoms with Gasteiger partial charge in [-0.25, -0.2) is 22.2 Å². The van der Waals surface area contributed by atoms with E-state index in [1.54, 1.807) is 18.5 Å². The lowest BCUT2D eigenvalue weighted by Crippen LogP contribution is -2.45. The number of carbonyl (C=O) groups is 1. The summed E-state index contributed by atoms with van der Waals surface area (Å²) in [6.45, 7) is 0.853. The van der Waals surface area contributed by atoms with Crippen molar-refractivity contribution in [1.29, 1.82) is 5.26 Å². The van der Waals surface area contributed by atoms with Crippen LogP contribution in [0.25, 0.3) is 21.0 Å². The molecule has 3 aromatic rings. The Bertz CT molecular complexity index is 1590. The first-order valence-corrected chi connectivity index (χ1v) is 16.3. The summed E-state index contributed by atoms with van der Waals surface area (Å²) in [5.41, 5.74) is 2.18. The number of aromatic nitrogens is 2. The van der Waals surface area contributed by atoms with Crippen LogP contribution in [-0.2, 0) is 14.6 Å². The van der Waals surface area contributed by atoms with Crippen molar-refractivity contribution in [2.75, 3.05) is 29.5 Å². The van der Waals surface area contributed by atoms with Crippen molar-refractivity contribution in [2.24, 2.45) is 5.92 Å². The first-order valence-electron chi connectivity index (χ1n) is 13.7. The molecule has 12 heteroatoms. The van der Waals surface area contributed by atoms with Gasteiger partial charge in [-0.2, -0.15) is 5.26 Å². The first kappa shape index (κ1) is 27.7. The summed E-state index contributed by atoms with van der Waals surface area (Å²) in [6, 6.07) is 13.5. The lowest BCUT2D eigenvalue weighted by molar-refractivity contribution is -0.134. The zero-order valence-electron chi connectivity index (χ0n) is 22.2. The summed E-state index contributed by atoms with van der Waals surface area (Å²) in [5, 5.41) is 12.9. The van der Waals surface area contributed by atoms with Gasteiger partial charge in [0, 0.05) is 55.5 Å². The largest absolute Gasteiger partial charge is 0.369 e. The number of benzene rings is 1. The number of amides is 1. The Hall–Kier alpha value is -3.43. The number of hydrogen-bond donors (Lipinski definition) is 1. The second-order valence-corrected chi connectivity index (χ2v) is 14.5. The maximum absolute atomic E-state index is 14.7. The van der Waals surface area contributed by atoms with Gasteiger partial charge in [0.1, 0.15) is 10.5 Å². The van der Waals surface area contributed by atoms with Gasteiger partial charge in [-0.3, -0.25) is 9.78 Å². The highest BCUT2D eigenvalue weighted by Gasteiger charge is 2.51. The van der Waals surface area contributed by atoms with E-state index in [0.717, 1.165) is 21.7 Å². The second-order valence-electron chi connectivity index (χ2n) is 11.2. The maximum Gasteiger partial charge on any atom is 0.249 e. The molecule has 41 heavy (non-hydrogen) atoms. The molecular formula is C29H29F2N5O3S2. The number of sulfone groups is 1. The highest BCUT2D eigenvalue weighted by Crippen LogP contribution is 2.50. The number of halogens is 2. The number of anilines is 1. The molecule has 8 nitrogen and oxygen atoms in total. The molecule has 0 spiro atoms. The quantitative estimate of drug-likeness (QED) is 0.434. The molecule has 2 aromatic heterocycles. The first-order chi connectivity index (χ1) is 19.6. The number of nitrogens with zero attached hydrogens (tertiary/aromatic N) is 4. The second kappa shape index (κ2) is 10.4. The molecule has 3 fully saturated rings. The van der Waals surface area contributed by atoms with Crippen LogP contribution in [-0.4, -0.2) is 60.3 Å². The molecule has 0 bridgehead atoms. The van der Waals surface area contributed by atoms with Gasteiger partial charge in [0.05, 0.1) is 34.1 Å². The average Bonchev–Trinajstić information content (AvgIpc) is 3.60. The molecule has 0 radical (unpaired) electrons. The average molecular weight is 598 g/mol. The van der Waals surface area contributed by atoms with Gasteiger partial charge in [0.2, 0.25) is 11.8 Å². The van der Waals surface area contributed by atoms with Crippen molar-refractivity contribution in [3.05, 3.63) is 54.5 Å². The summed E-state index contributed by atoms with van der Waals surface area (Å²) >= 11 is 1.43. The Labute approximate surface area is 241 Å². The van der Waals surface area contributed by atoms with E-state index in [9.17, 15) is 27.3 Å². The predicted octanol–water partition coefficient (Wildman–Crippen LogP) is 4.80. The monoisotopic (exact) mass is 597 g/mol. The molecule has 6 rings (SSSR count). The van der Waals surface area contributed by atoms with Crippen LogP contribution in [0.3, 0.4) is 0 Å². The molecular weight excluding hydrogens is 568 g/mol. The van der Waals surface area contributed by atoms with E-state index in [2.05, 4.69) is 16.4 Å². The van der Waals surface area contributed by atoms with Gasteiger partial charge in [-0.05, 0) is 49.1 Å². The Morgan fingerprint density at radius 3 is 2.46 bits per heavy atom. The summed E-state index contributed by atoms with van der Waals surface area (Å²) < 4.78 is 53.1. The van der Waals surface area contributed by atoms with Crippen LogP contribution in [0, 0.1) is 17.2 Å². The van der Waals surface area contributed by atoms with Crippen LogP contribution >= 0.6 is 11.3 Å². The number of rotatable bonds is 6. The SMILES string of the molecule is N#CC1(NC(=O)C2CC(F)(F)CCC2c2nc(-c3cccnc3)sc2-c2ccc(N3CCS(=O)(=O)CC3)cc2)CC1. The third-order valence-corrected chi connectivity index (χ3v) is 11.0. The maximum atomic E-state index is 14.7.